The second-order valence-corrected chi connectivity index (χ2v) is 27.6. The van der Waals surface area contributed by atoms with E-state index in [2.05, 4.69) is 178 Å². The third-order valence-electron chi connectivity index (χ3n) is 22.4. The van der Waals surface area contributed by atoms with Crippen molar-refractivity contribution < 1.29 is 0 Å². The molecule has 0 fully saturated rings. The van der Waals surface area contributed by atoms with Crippen molar-refractivity contribution in [2.45, 2.75) is 19.3 Å². The Balaban J connectivity index is 0.000000127. The SMILES string of the molecule is CC1(C)c2ccccc2-c2cc3c4cc(-c5cc6c7ccccc7c(=O)n7c8ccccc8c(c5)c67)cc5c6ccccc6c(=O)n(c3cc21)c54.O=c1c2ccccc2c2cccc3c4cc(-c5cccc(-c6cc7c8ccccc8c(=O)n8c9ccccc9c(c6)c78)c5)ccc4n1c23. The number of benzene rings is 14. The first-order valence-corrected chi connectivity index (χ1v) is 33.7. The van der Waals surface area contributed by atoms with E-state index in [9.17, 15) is 19.2 Å². The lowest BCUT2D eigenvalue weighted by Crippen LogP contribution is -2.16. The van der Waals surface area contributed by atoms with E-state index in [4.69, 9.17) is 0 Å². The molecule has 23 rings (SSSR count). The average molecular weight is 1270 g/mol. The Hall–Kier alpha value is -13.0. The minimum Gasteiger partial charge on any atom is -0.275 e. The maximum atomic E-state index is 14.4. The number of rotatable bonds is 3. The average Bonchev–Trinajstić information content (AvgIpc) is 1.56. The van der Waals surface area contributed by atoms with Gasteiger partial charge in [-0.3, -0.25) is 36.8 Å². The van der Waals surface area contributed by atoms with Crippen LogP contribution in [0.1, 0.15) is 25.0 Å². The molecule has 0 spiro atoms. The molecule has 0 radical (unpaired) electrons. The summed E-state index contributed by atoms with van der Waals surface area (Å²) in [4.78, 5) is 56.0. The number of hydrogen-bond acceptors (Lipinski definition) is 4. The van der Waals surface area contributed by atoms with Crippen LogP contribution in [0.5, 0.6) is 0 Å². The zero-order chi connectivity index (χ0) is 65.6. The first-order valence-electron chi connectivity index (χ1n) is 33.7. The van der Waals surface area contributed by atoms with Crippen LogP contribution in [0.4, 0.5) is 0 Å². The van der Waals surface area contributed by atoms with Crippen molar-refractivity contribution in [2.24, 2.45) is 0 Å². The molecule has 0 amide bonds. The molecule has 22 aromatic rings. The second kappa shape index (κ2) is 19.1. The van der Waals surface area contributed by atoms with Crippen molar-refractivity contribution >= 4 is 152 Å². The fourth-order valence-corrected chi connectivity index (χ4v) is 17.9. The largest absolute Gasteiger partial charge is 0.275 e. The Kier molecular flexibility index (Phi) is 10.5. The van der Waals surface area contributed by atoms with Gasteiger partial charge in [0.2, 0.25) is 0 Å². The Bertz CT molecular complexity index is 7680. The van der Waals surface area contributed by atoms with Crippen molar-refractivity contribution in [1.82, 2.24) is 17.6 Å². The Labute approximate surface area is 561 Å². The van der Waals surface area contributed by atoms with E-state index in [0.717, 1.165) is 174 Å². The van der Waals surface area contributed by atoms with Crippen LogP contribution in [0, 0.1) is 0 Å². The normalized spacial score (nSPS) is 13.2. The summed E-state index contributed by atoms with van der Waals surface area (Å²) in [6.45, 7) is 4.57. The van der Waals surface area contributed by atoms with E-state index in [0.29, 0.717) is 10.8 Å². The molecular formula is C91H52N4O4. The summed E-state index contributed by atoms with van der Waals surface area (Å²) < 4.78 is 7.64. The van der Waals surface area contributed by atoms with E-state index < -0.39 is 0 Å². The first kappa shape index (κ1) is 54.2. The predicted octanol–water partition coefficient (Wildman–Crippen LogP) is 20.7. The summed E-state index contributed by atoms with van der Waals surface area (Å²) >= 11 is 0. The van der Waals surface area contributed by atoms with Crippen molar-refractivity contribution in [1.29, 1.82) is 0 Å². The highest BCUT2D eigenvalue weighted by molar-refractivity contribution is 6.26. The predicted molar refractivity (Wildman–Crippen MR) is 410 cm³/mol. The van der Waals surface area contributed by atoms with Crippen molar-refractivity contribution in [3.63, 3.8) is 0 Å². The van der Waals surface area contributed by atoms with Gasteiger partial charge in [-0.15, -0.1) is 0 Å². The van der Waals surface area contributed by atoms with Crippen molar-refractivity contribution in [3.8, 4) is 44.5 Å². The molecule has 1 aliphatic rings. The molecule has 460 valence electrons. The van der Waals surface area contributed by atoms with E-state index >= 15 is 0 Å². The van der Waals surface area contributed by atoms with Gasteiger partial charge in [0.05, 0.1) is 44.1 Å². The van der Waals surface area contributed by atoms with Gasteiger partial charge in [0.1, 0.15) is 0 Å². The smallest absolute Gasteiger partial charge is 0.263 e. The molecule has 0 aliphatic heterocycles. The molecule has 14 aromatic carbocycles. The number of aromatic nitrogens is 4. The Morgan fingerprint density at radius 2 is 0.515 bits per heavy atom. The van der Waals surface area contributed by atoms with Crippen molar-refractivity contribution in [3.05, 3.63) is 332 Å². The van der Waals surface area contributed by atoms with Gasteiger partial charge < -0.3 is 0 Å². The van der Waals surface area contributed by atoms with Gasteiger partial charge in [0.25, 0.3) is 22.2 Å². The molecule has 0 bridgehead atoms. The topological polar surface area (TPSA) is 85.9 Å². The highest BCUT2D eigenvalue weighted by Crippen LogP contribution is 2.52. The Morgan fingerprint density at radius 1 is 0.202 bits per heavy atom. The van der Waals surface area contributed by atoms with Gasteiger partial charge in [-0.2, -0.15) is 0 Å². The molecule has 0 saturated carbocycles. The highest BCUT2D eigenvalue weighted by Gasteiger charge is 2.37. The van der Waals surface area contributed by atoms with Gasteiger partial charge in [0.15, 0.2) is 0 Å². The fourth-order valence-electron chi connectivity index (χ4n) is 17.9. The molecule has 0 N–H and O–H groups in total. The van der Waals surface area contributed by atoms with E-state index in [-0.39, 0.29) is 27.7 Å². The lowest BCUT2D eigenvalue weighted by molar-refractivity contribution is 0.661. The zero-order valence-electron chi connectivity index (χ0n) is 53.5. The highest BCUT2D eigenvalue weighted by atomic mass is 16.1. The van der Waals surface area contributed by atoms with Crippen LogP contribution in [0.2, 0.25) is 0 Å². The van der Waals surface area contributed by atoms with E-state index in [1.807, 2.05) is 133 Å². The summed E-state index contributed by atoms with van der Waals surface area (Å²) in [5.74, 6) is 0. The van der Waals surface area contributed by atoms with Crippen LogP contribution in [0.15, 0.2) is 298 Å². The third-order valence-corrected chi connectivity index (χ3v) is 22.4. The lowest BCUT2D eigenvalue weighted by Gasteiger charge is -2.21. The molecule has 8 heteroatoms. The minimum atomic E-state index is -0.186. The molecule has 1 aliphatic carbocycles. The molecule has 0 unspecified atom stereocenters. The molecule has 0 saturated heterocycles. The van der Waals surface area contributed by atoms with Crippen LogP contribution >= 0.6 is 0 Å². The summed E-state index contributed by atoms with van der Waals surface area (Å²) in [6, 6.07) is 96.4. The quantitative estimate of drug-likeness (QED) is 0.165. The van der Waals surface area contributed by atoms with Crippen LogP contribution in [0.3, 0.4) is 0 Å². The standard InChI is InChI=1S/C47H28N2O2.C44H24N2O2/c1-47(2)39-17-9-7-13-29(39)33-23-34-38-22-26(20-36-28-12-4-6-16-32(28)46(51)49(44(36)38)42(34)24-40(33)47)25-19-35-27-11-3-5-15-31(27)45(50)48-41-18-10-8-14-30(41)37(21-25)43(35)48;47-43-34-14-3-1-11-29(34)32-16-8-17-33-36-22-27(19-20-40(36)46(43)41(32)33)25-9-7-10-26(21-25)28-23-37-30-12-2-4-15-35(30)44(48)45-39-18-6-5-13-31(39)38(24-28)42(37)45/h3-24H,1-2H3;1-24H. The maximum Gasteiger partial charge on any atom is 0.263 e. The van der Waals surface area contributed by atoms with E-state index in [1.54, 1.807) is 0 Å². The molecule has 8 heterocycles. The van der Waals surface area contributed by atoms with Crippen molar-refractivity contribution in [2.75, 3.05) is 0 Å². The van der Waals surface area contributed by atoms with Crippen LogP contribution in [-0.2, 0) is 5.41 Å². The zero-order valence-corrected chi connectivity index (χ0v) is 53.5. The minimum absolute atomic E-state index is 0.00858. The maximum absolute atomic E-state index is 14.4. The van der Waals surface area contributed by atoms with Crippen LogP contribution in [-0.4, -0.2) is 17.6 Å². The number of para-hydroxylation sites is 3. The number of pyridine rings is 4. The molecular weight excluding hydrogens is 1210 g/mol. The summed E-state index contributed by atoms with van der Waals surface area (Å²) in [5.41, 5.74) is 19.0. The summed E-state index contributed by atoms with van der Waals surface area (Å²) in [5, 5.41) is 19.6. The molecule has 8 nitrogen and oxygen atoms in total. The number of fused-ring (bicyclic) bond motifs is 23. The van der Waals surface area contributed by atoms with Gasteiger partial charge in [0, 0.05) is 91.6 Å². The van der Waals surface area contributed by atoms with Gasteiger partial charge in [-0.05, 0) is 180 Å². The van der Waals surface area contributed by atoms with Gasteiger partial charge in [-0.25, -0.2) is 0 Å². The molecule has 8 aromatic heterocycles. The molecule has 0 atom stereocenters. The monoisotopic (exact) mass is 1260 g/mol. The number of hydrogen-bond donors (Lipinski definition) is 0. The van der Waals surface area contributed by atoms with E-state index in [1.165, 1.54) is 22.3 Å². The van der Waals surface area contributed by atoms with Gasteiger partial charge in [-0.1, -0.05) is 190 Å². The fraction of sp³-hybridized carbons (Fsp3) is 0.0330. The number of nitrogens with zero attached hydrogens (tertiary/aromatic N) is 4. The molecule has 99 heavy (non-hydrogen) atoms. The van der Waals surface area contributed by atoms with Crippen LogP contribution < -0.4 is 22.2 Å². The second-order valence-electron chi connectivity index (χ2n) is 27.6. The lowest BCUT2D eigenvalue weighted by atomic mass is 9.82. The van der Waals surface area contributed by atoms with Gasteiger partial charge >= 0.3 is 0 Å². The van der Waals surface area contributed by atoms with Crippen LogP contribution in [0.25, 0.3) is 196 Å². The summed E-state index contributed by atoms with van der Waals surface area (Å²) in [6.07, 6.45) is 0. The first-order chi connectivity index (χ1) is 48.6. The third kappa shape index (κ3) is 7.00. The summed E-state index contributed by atoms with van der Waals surface area (Å²) in [7, 11) is 0. The Morgan fingerprint density at radius 3 is 1.02 bits per heavy atom.